The molecule has 0 radical (unpaired) electrons. The van der Waals surface area contributed by atoms with Gasteiger partial charge in [-0.3, -0.25) is 19.3 Å². The Hall–Kier alpha value is -2.95. The van der Waals surface area contributed by atoms with Crippen molar-refractivity contribution < 1.29 is 23.2 Å². The summed E-state index contributed by atoms with van der Waals surface area (Å²) in [6.07, 6.45) is -0.606. The Morgan fingerprint density at radius 1 is 1.21 bits per heavy atom. The van der Waals surface area contributed by atoms with Crippen molar-refractivity contribution in [2.24, 2.45) is 0 Å². The molecule has 2 heterocycles. The number of fused-ring (bicyclic) bond motifs is 1. The van der Waals surface area contributed by atoms with Gasteiger partial charge in [0.2, 0.25) is 5.92 Å². The van der Waals surface area contributed by atoms with Gasteiger partial charge in [0.05, 0.1) is 10.4 Å². The SMILES string of the molecule is Nc1ccc2c(N)nn(C(=O)CN3C(=O)SC(=C4CCC(F)(F)CC4)C3=O)c2c1. The summed E-state index contributed by atoms with van der Waals surface area (Å²) in [6, 6.07) is 4.76. The van der Waals surface area contributed by atoms with E-state index in [9.17, 15) is 23.2 Å². The molecular weight excluding hydrogens is 404 g/mol. The molecule has 0 bridgehead atoms. The summed E-state index contributed by atoms with van der Waals surface area (Å²) < 4.78 is 27.7. The Kier molecular flexibility index (Phi) is 4.56. The summed E-state index contributed by atoms with van der Waals surface area (Å²) in [7, 11) is 0. The molecule has 2 aliphatic rings. The van der Waals surface area contributed by atoms with E-state index < -0.39 is 29.5 Å². The van der Waals surface area contributed by atoms with Gasteiger partial charge in [-0.1, -0.05) is 5.57 Å². The second kappa shape index (κ2) is 6.83. The molecule has 1 aromatic heterocycles. The number of alkyl halides is 2. The zero-order valence-electron chi connectivity index (χ0n) is 15.2. The minimum atomic E-state index is -2.75. The Morgan fingerprint density at radius 3 is 2.59 bits per heavy atom. The number of imide groups is 1. The minimum absolute atomic E-state index is 0.0513. The molecule has 1 aliphatic carbocycles. The molecule has 2 amide bonds. The summed E-state index contributed by atoms with van der Waals surface area (Å²) in [5, 5.41) is 3.89. The molecule has 0 atom stereocenters. The lowest BCUT2D eigenvalue weighted by Crippen LogP contribution is -2.36. The largest absolute Gasteiger partial charge is 0.399 e. The quantitative estimate of drug-likeness (QED) is 0.564. The number of carbonyl (C=O) groups excluding carboxylic acids is 3. The van der Waals surface area contributed by atoms with Gasteiger partial charge in [0.15, 0.2) is 5.82 Å². The topological polar surface area (TPSA) is 124 Å². The molecule has 8 nitrogen and oxygen atoms in total. The smallest absolute Gasteiger partial charge is 0.294 e. The molecule has 0 unspecified atom stereocenters. The number of carbonyl (C=O) groups is 3. The maximum atomic E-state index is 13.4. The molecule has 11 heteroatoms. The number of nitrogens with two attached hydrogens (primary N) is 2. The van der Waals surface area contributed by atoms with Crippen molar-refractivity contribution in [3.63, 3.8) is 0 Å². The fourth-order valence-corrected chi connectivity index (χ4v) is 4.42. The van der Waals surface area contributed by atoms with E-state index in [2.05, 4.69) is 5.10 Å². The number of thioether (sulfide) groups is 1. The van der Waals surface area contributed by atoms with Crippen LogP contribution < -0.4 is 11.5 Å². The minimum Gasteiger partial charge on any atom is -0.399 e. The number of nitrogens with zero attached hydrogens (tertiary/aromatic N) is 3. The third-order valence-corrected chi connectivity index (χ3v) is 6.08. The molecule has 29 heavy (non-hydrogen) atoms. The van der Waals surface area contributed by atoms with E-state index >= 15 is 0 Å². The Bertz CT molecular complexity index is 1080. The van der Waals surface area contributed by atoms with Crippen LogP contribution in [0.5, 0.6) is 0 Å². The van der Waals surface area contributed by atoms with Gasteiger partial charge in [-0.2, -0.15) is 4.68 Å². The molecule has 1 saturated carbocycles. The third-order valence-electron chi connectivity index (χ3n) is 5.02. The summed E-state index contributed by atoms with van der Waals surface area (Å²) >= 11 is 0.682. The van der Waals surface area contributed by atoms with Crippen LogP contribution in [0.25, 0.3) is 10.9 Å². The zero-order valence-corrected chi connectivity index (χ0v) is 16.0. The fraction of sp³-hybridized carbons (Fsp3) is 0.333. The van der Waals surface area contributed by atoms with Gasteiger partial charge < -0.3 is 11.5 Å². The second-order valence-corrected chi connectivity index (χ2v) is 7.98. The molecule has 1 aliphatic heterocycles. The lowest BCUT2D eigenvalue weighted by molar-refractivity contribution is -0.122. The molecule has 152 valence electrons. The summed E-state index contributed by atoms with van der Waals surface area (Å²) in [6.45, 7) is -0.539. The number of benzene rings is 1. The number of rotatable bonds is 2. The molecular formula is C18H17F2N5O3S. The first kappa shape index (κ1) is 19.4. The molecule has 4 rings (SSSR count). The van der Waals surface area contributed by atoms with Crippen LogP contribution in [0.2, 0.25) is 0 Å². The lowest BCUT2D eigenvalue weighted by Gasteiger charge is -2.24. The Labute approximate surface area is 167 Å². The summed E-state index contributed by atoms with van der Waals surface area (Å²) in [4.78, 5) is 38.7. The number of amides is 2. The first-order valence-corrected chi connectivity index (χ1v) is 9.68. The first-order chi connectivity index (χ1) is 13.7. The highest BCUT2D eigenvalue weighted by molar-refractivity contribution is 8.18. The van der Waals surface area contributed by atoms with Crippen LogP contribution in [-0.2, 0) is 4.79 Å². The molecule has 2 aromatic rings. The molecule has 4 N–H and O–H groups in total. The van der Waals surface area contributed by atoms with Crippen LogP contribution in [0.3, 0.4) is 0 Å². The van der Waals surface area contributed by atoms with E-state index in [1.165, 1.54) is 6.07 Å². The van der Waals surface area contributed by atoms with E-state index in [0.717, 1.165) is 9.58 Å². The van der Waals surface area contributed by atoms with Crippen molar-refractivity contribution >= 4 is 51.2 Å². The molecule has 1 aromatic carbocycles. The highest BCUT2D eigenvalue weighted by Gasteiger charge is 2.41. The van der Waals surface area contributed by atoms with Crippen LogP contribution in [0.15, 0.2) is 28.7 Å². The van der Waals surface area contributed by atoms with Gasteiger partial charge in [0.25, 0.3) is 17.1 Å². The fourth-order valence-electron chi connectivity index (χ4n) is 3.44. The van der Waals surface area contributed by atoms with Gasteiger partial charge in [0.1, 0.15) is 6.54 Å². The van der Waals surface area contributed by atoms with Crippen molar-refractivity contribution in [2.45, 2.75) is 31.6 Å². The van der Waals surface area contributed by atoms with Crippen LogP contribution in [0.1, 0.15) is 30.5 Å². The van der Waals surface area contributed by atoms with Gasteiger partial charge >= 0.3 is 0 Å². The van der Waals surface area contributed by atoms with E-state index in [4.69, 9.17) is 11.5 Å². The number of halogens is 2. The molecule has 1 saturated heterocycles. The highest BCUT2D eigenvalue weighted by Crippen LogP contribution is 2.42. The maximum absolute atomic E-state index is 13.4. The van der Waals surface area contributed by atoms with Crippen molar-refractivity contribution in [3.05, 3.63) is 28.7 Å². The molecule has 0 spiro atoms. The highest BCUT2D eigenvalue weighted by atomic mass is 32.2. The normalized spacial score (nSPS) is 19.4. The van der Waals surface area contributed by atoms with Gasteiger partial charge in [-0.25, -0.2) is 8.78 Å². The average Bonchev–Trinajstić information content (AvgIpc) is 3.13. The van der Waals surface area contributed by atoms with E-state index in [0.29, 0.717) is 33.9 Å². The van der Waals surface area contributed by atoms with Crippen molar-refractivity contribution in [2.75, 3.05) is 18.0 Å². The van der Waals surface area contributed by atoms with Gasteiger partial charge in [-0.15, -0.1) is 5.10 Å². The predicted molar refractivity (Wildman–Crippen MR) is 104 cm³/mol. The standard InChI is InChI=1S/C18H17F2N5O3S/c19-18(20)5-3-9(4-6-18)14-16(27)24(17(28)29-14)8-13(26)25-12-7-10(21)1-2-11(12)15(22)23-25/h1-2,7H,3-6,8,21H2,(H2,22,23). The first-order valence-electron chi connectivity index (χ1n) is 8.87. The van der Waals surface area contributed by atoms with Crippen LogP contribution in [-0.4, -0.2) is 44.2 Å². The Balaban J connectivity index is 1.57. The number of hydrogen-bond donors (Lipinski definition) is 2. The number of allylic oxidation sites excluding steroid dienone is 1. The number of hydrogen-bond acceptors (Lipinski definition) is 7. The van der Waals surface area contributed by atoms with Gasteiger partial charge in [0, 0.05) is 23.9 Å². The number of anilines is 2. The van der Waals surface area contributed by atoms with E-state index in [-0.39, 0.29) is 36.4 Å². The van der Waals surface area contributed by atoms with Gasteiger partial charge in [-0.05, 0) is 42.8 Å². The van der Waals surface area contributed by atoms with Crippen molar-refractivity contribution in [1.29, 1.82) is 0 Å². The van der Waals surface area contributed by atoms with Crippen LogP contribution >= 0.6 is 11.8 Å². The maximum Gasteiger partial charge on any atom is 0.294 e. The summed E-state index contributed by atoms with van der Waals surface area (Å²) in [5.74, 6) is -3.91. The Morgan fingerprint density at radius 2 is 1.90 bits per heavy atom. The van der Waals surface area contributed by atoms with Crippen LogP contribution in [0.4, 0.5) is 25.1 Å². The average molecular weight is 421 g/mol. The zero-order chi connectivity index (χ0) is 20.9. The third kappa shape index (κ3) is 3.46. The number of nitrogen functional groups attached to an aromatic ring is 2. The number of aromatic nitrogens is 2. The lowest BCUT2D eigenvalue weighted by atomic mass is 9.91. The van der Waals surface area contributed by atoms with Crippen LogP contribution in [0, 0.1) is 0 Å². The second-order valence-electron chi connectivity index (χ2n) is 7.02. The predicted octanol–water partition coefficient (Wildman–Crippen LogP) is 3.00. The van der Waals surface area contributed by atoms with E-state index in [1.54, 1.807) is 12.1 Å². The van der Waals surface area contributed by atoms with E-state index in [1.807, 2.05) is 0 Å². The van der Waals surface area contributed by atoms with Crippen molar-refractivity contribution in [1.82, 2.24) is 14.7 Å². The monoisotopic (exact) mass is 421 g/mol. The van der Waals surface area contributed by atoms with Crippen molar-refractivity contribution in [3.8, 4) is 0 Å². The summed E-state index contributed by atoms with van der Waals surface area (Å²) in [5.41, 5.74) is 12.9. The molecule has 2 fully saturated rings.